The number of Topliss-reactive ketones (excluding diaryl/α,β-unsaturated/α-hetero) is 1. The molecule has 0 saturated heterocycles. The minimum Gasteiger partial charge on any atom is -0.508 e. The molecule has 0 saturated carbocycles. The Hall–Kier alpha value is -2.37. The van der Waals surface area contributed by atoms with Gasteiger partial charge in [-0.2, -0.15) is 0 Å². The van der Waals surface area contributed by atoms with E-state index >= 15 is 0 Å². The van der Waals surface area contributed by atoms with Crippen LogP contribution in [0.4, 0.5) is 0 Å². The summed E-state index contributed by atoms with van der Waals surface area (Å²) >= 11 is 0. The maximum atomic E-state index is 11.3. The Morgan fingerprint density at radius 3 is 2.46 bits per heavy atom. The van der Waals surface area contributed by atoms with Crippen molar-refractivity contribution < 1.29 is 24.5 Å². The number of phenolic OH excluding ortho intramolecular Hbond substituents is 2. The summed E-state index contributed by atoms with van der Waals surface area (Å²) in [6, 6.07) is 9.27. The van der Waals surface area contributed by atoms with Crippen LogP contribution in [0.3, 0.4) is 0 Å². The summed E-state index contributed by atoms with van der Waals surface area (Å²) in [6.07, 6.45) is 2.38. The van der Waals surface area contributed by atoms with Crippen LogP contribution in [-0.4, -0.2) is 42.9 Å². The second-order valence-corrected chi connectivity index (χ2v) is 6.86. The average molecular weight is 386 g/mol. The molecule has 0 radical (unpaired) electrons. The standard InChI is InChI=1S/C23H30O5/c1-4-19-20(10-11-28-13-12-27-3)23(22(26)15-21(19)25)18-7-5-6-17(14-18)9-8-16(2)24/h5-7,14-15,25-26H,4,8-13H2,1-3H3. The molecule has 2 N–H and O–H groups in total. The van der Waals surface area contributed by atoms with Crippen molar-refractivity contribution in [2.45, 2.75) is 39.5 Å². The van der Waals surface area contributed by atoms with Crippen LogP contribution in [0, 0.1) is 0 Å². The topological polar surface area (TPSA) is 76.0 Å². The Labute approximate surface area is 166 Å². The van der Waals surface area contributed by atoms with Crippen LogP contribution in [0.25, 0.3) is 11.1 Å². The van der Waals surface area contributed by atoms with E-state index in [0.717, 1.165) is 27.8 Å². The van der Waals surface area contributed by atoms with Crippen LogP contribution in [0.15, 0.2) is 30.3 Å². The van der Waals surface area contributed by atoms with E-state index in [1.54, 1.807) is 14.0 Å². The van der Waals surface area contributed by atoms with E-state index in [9.17, 15) is 15.0 Å². The second-order valence-electron chi connectivity index (χ2n) is 6.86. The average Bonchev–Trinajstić information content (AvgIpc) is 2.66. The van der Waals surface area contributed by atoms with E-state index < -0.39 is 0 Å². The van der Waals surface area contributed by atoms with E-state index in [-0.39, 0.29) is 17.3 Å². The van der Waals surface area contributed by atoms with Crippen molar-refractivity contribution in [3.8, 4) is 22.6 Å². The summed E-state index contributed by atoms with van der Waals surface area (Å²) in [5.74, 6) is 0.300. The minimum absolute atomic E-state index is 0.0466. The first-order valence-electron chi connectivity index (χ1n) is 9.70. The molecule has 0 fully saturated rings. The number of aromatic hydroxyl groups is 2. The molecule has 2 aromatic rings. The van der Waals surface area contributed by atoms with Gasteiger partial charge >= 0.3 is 0 Å². The van der Waals surface area contributed by atoms with E-state index in [1.165, 1.54) is 6.07 Å². The van der Waals surface area contributed by atoms with Gasteiger partial charge in [0, 0.05) is 25.2 Å². The fourth-order valence-electron chi connectivity index (χ4n) is 3.36. The number of rotatable bonds is 11. The molecule has 0 heterocycles. The van der Waals surface area contributed by atoms with E-state index in [4.69, 9.17) is 9.47 Å². The molecule has 2 rings (SSSR count). The maximum absolute atomic E-state index is 11.3. The third-order valence-corrected chi connectivity index (χ3v) is 4.77. The van der Waals surface area contributed by atoms with Crippen molar-refractivity contribution >= 4 is 5.78 Å². The Bertz CT molecular complexity index is 798. The highest BCUT2D eigenvalue weighted by Crippen LogP contribution is 2.40. The van der Waals surface area contributed by atoms with Crippen molar-refractivity contribution in [2.24, 2.45) is 0 Å². The fourth-order valence-corrected chi connectivity index (χ4v) is 3.36. The van der Waals surface area contributed by atoms with Crippen molar-refractivity contribution in [1.29, 1.82) is 0 Å². The first-order valence-corrected chi connectivity index (χ1v) is 9.70. The van der Waals surface area contributed by atoms with Gasteiger partial charge in [0.2, 0.25) is 0 Å². The van der Waals surface area contributed by atoms with Crippen molar-refractivity contribution in [3.05, 3.63) is 47.0 Å². The Morgan fingerprint density at radius 1 is 1.00 bits per heavy atom. The highest BCUT2D eigenvalue weighted by atomic mass is 16.5. The van der Waals surface area contributed by atoms with Gasteiger partial charge in [0.05, 0.1) is 19.8 Å². The maximum Gasteiger partial charge on any atom is 0.130 e. The Kier molecular flexibility index (Phi) is 8.48. The van der Waals surface area contributed by atoms with Crippen LogP contribution >= 0.6 is 0 Å². The fraction of sp³-hybridized carbons (Fsp3) is 0.435. The zero-order valence-corrected chi connectivity index (χ0v) is 17.0. The summed E-state index contributed by atoms with van der Waals surface area (Å²) < 4.78 is 10.6. The molecule has 0 amide bonds. The summed E-state index contributed by atoms with van der Waals surface area (Å²) in [5.41, 5.74) is 4.34. The summed E-state index contributed by atoms with van der Waals surface area (Å²) in [5, 5.41) is 20.9. The smallest absolute Gasteiger partial charge is 0.130 e. The predicted molar refractivity (Wildman–Crippen MR) is 110 cm³/mol. The van der Waals surface area contributed by atoms with E-state index in [0.29, 0.717) is 45.5 Å². The molecule has 0 aliphatic heterocycles. The van der Waals surface area contributed by atoms with Gasteiger partial charge in [0.15, 0.2) is 0 Å². The number of aryl methyl sites for hydroxylation is 1. The van der Waals surface area contributed by atoms with Crippen molar-refractivity contribution in [3.63, 3.8) is 0 Å². The zero-order valence-electron chi connectivity index (χ0n) is 17.0. The van der Waals surface area contributed by atoms with Gasteiger partial charge in [0.25, 0.3) is 0 Å². The Balaban J connectivity index is 2.39. The van der Waals surface area contributed by atoms with Crippen molar-refractivity contribution in [2.75, 3.05) is 26.9 Å². The molecular formula is C23H30O5. The lowest BCUT2D eigenvalue weighted by molar-refractivity contribution is -0.116. The van der Waals surface area contributed by atoms with Crippen LogP contribution in [0.2, 0.25) is 0 Å². The number of carbonyl (C=O) groups excluding carboxylic acids is 1. The predicted octanol–water partition coefficient (Wildman–Crippen LogP) is 4.05. The molecule has 0 aliphatic carbocycles. The summed E-state index contributed by atoms with van der Waals surface area (Å²) in [6.45, 7) is 5.06. The van der Waals surface area contributed by atoms with Gasteiger partial charge in [0.1, 0.15) is 17.3 Å². The lowest BCUT2D eigenvalue weighted by Gasteiger charge is -2.18. The number of hydrogen-bond acceptors (Lipinski definition) is 5. The molecule has 2 aromatic carbocycles. The summed E-state index contributed by atoms with van der Waals surface area (Å²) in [4.78, 5) is 11.3. The third-order valence-electron chi connectivity index (χ3n) is 4.77. The number of carbonyl (C=O) groups is 1. The largest absolute Gasteiger partial charge is 0.508 e. The molecule has 152 valence electrons. The number of hydrogen-bond donors (Lipinski definition) is 2. The molecule has 0 aliphatic rings. The monoisotopic (exact) mass is 386 g/mol. The molecule has 5 heteroatoms. The van der Waals surface area contributed by atoms with Crippen LogP contribution in [0.1, 0.15) is 37.0 Å². The zero-order chi connectivity index (χ0) is 20.5. The van der Waals surface area contributed by atoms with Gasteiger partial charge in [-0.15, -0.1) is 0 Å². The number of phenols is 2. The third kappa shape index (κ3) is 5.81. The molecule has 0 atom stereocenters. The van der Waals surface area contributed by atoms with Gasteiger partial charge in [-0.1, -0.05) is 31.2 Å². The molecule has 28 heavy (non-hydrogen) atoms. The second kappa shape index (κ2) is 10.8. The molecular weight excluding hydrogens is 356 g/mol. The highest BCUT2D eigenvalue weighted by Gasteiger charge is 2.18. The number of methoxy groups -OCH3 is 1. The quantitative estimate of drug-likeness (QED) is 0.570. The molecule has 0 aromatic heterocycles. The van der Waals surface area contributed by atoms with E-state index in [2.05, 4.69) is 0 Å². The summed E-state index contributed by atoms with van der Waals surface area (Å²) in [7, 11) is 1.63. The van der Waals surface area contributed by atoms with Gasteiger partial charge in [-0.05, 0) is 48.4 Å². The molecule has 0 unspecified atom stereocenters. The first-order chi connectivity index (χ1) is 13.5. The molecule has 0 spiro atoms. The normalized spacial score (nSPS) is 11.0. The van der Waals surface area contributed by atoms with Gasteiger partial charge < -0.3 is 24.5 Å². The lowest BCUT2D eigenvalue weighted by Crippen LogP contribution is -2.07. The van der Waals surface area contributed by atoms with Gasteiger partial charge in [-0.3, -0.25) is 0 Å². The van der Waals surface area contributed by atoms with E-state index in [1.807, 2.05) is 31.2 Å². The van der Waals surface area contributed by atoms with Crippen LogP contribution < -0.4 is 0 Å². The van der Waals surface area contributed by atoms with Crippen LogP contribution in [0.5, 0.6) is 11.5 Å². The first kappa shape index (κ1) is 21.9. The number of ketones is 1. The lowest BCUT2D eigenvalue weighted by atomic mass is 9.89. The highest BCUT2D eigenvalue weighted by molar-refractivity contribution is 5.78. The Morgan fingerprint density at radius 2 is 1.79 bits per heavy atom. The number of benzene rings is 2. The minimum atomic E-state index is 0.0466. The van der Waals surface area contributed by atoms with Gasteiger partial charge in [-0.25, -0.2) is 0 Å². The number of ether oxygens (including phenoxy) is 2. The molecule has 5 nitrogen and oxygen atoms in total. The van der Waals surface area contributed by atoms with Crippen LogP contribution in [-0.2, 0) is 33.5 Å². The SMILES string of the molecule is CCc1c(O)cc(O)c(-c2cccc(CCC(C)=O)c2)c1CCOCCOC. The molecule has 0 bridgehead atoms. The van der Waals surface area contributed by atoms with Crippen molar-refractivity contribution in [1.82, 2.24) is 0 Å².